The molecule has 2 rings (SSSR count). The van der Waals surface area contributed by atoms with E-state index in [9.17, 15) is 4.39 Å². The van der Waals surface area contributed by atoms with Gasteiger partial charge in [0.05, 0.1) is 19.8 Å². The molecular weight excluding hydrogens is 245 g/mol. The Morgan fingerprint density at radius 2 is 2.21 bits per heavy atom. The van der Waals surface area contributed by atoms with E-state index in [4.69, 9.17) is 15.2 Å². The van der Waals surface area contributed by atoms with Crippen LogP contribution in [0.2, 0.25) is 0 Å². The van der Waals surface area contributed by atoms with E-state index >= 15 is 0 Å². The van der Waals surface area contributed by atoms with Crippen LogP contribution >= 0.6 is 0 Å². The van der Waals surface area contributed by atoms with Crippen LogP contribution < -0.4 is 10.5 Å². The van der Waals surface area contributed by atoms with Gasteiger partial charge in [0, 0.05) is 6.61 Å². The Morgan fingerprint density at radius 3 is 2.79 bits per heavy atom. The number of halogens is 1. The van der Waals surface area contributed by atoms with Gasteiger partial charge in [0.1, 0.15) is 0 Å². The number of benzene rings is 1. The molecule has 1 fully saturated rings. The van der Waals surface area contributed by atoms with Crippen molar-refractivity contribution in [2.45, 2.75) is 31.7 Å². The minimum Gasteiger partial charge on any atom is -0.494 e. The lowest BCUT2D eigenvalue weighted by Crippen LogP contribution is -2.19. The fourth-order valence-corrected chi connectivity index (χ4v) is 2.25. The summed E-state index contributed by atoms with van der Waals surface area (Å²) in [5, 5.41) is 0. The summed E-state index contributed by atoms with van der Waals surface area (Å²) in [6, 6.07) is 4.50. The van der Waals surface area contributed by atoms with Gasteiger partial charge in [-0.3, -0.25) is 0 Å². The predicted molar refractivity (Wildman–Crippen MR) is 72.7 cm³/mol. The van der Waals surface area contributed by atoms with Crippen LogP contribution in [0.4, 0.5) is 4.39 Å². The second kappa shape index (κ2) is 6.87. The fraction of sp³-hybridized carbons (Fsp3) is 0.600. The first-order valence-corrected chi connectivity index (χ1v) is 6.87. The topological polar surface area (TPSA) is 44.5 Å². The summed E-state index contributed by atoms with van der Waals surface area (Å²) in [6.45, 7) is 1.18. The van der Waals surface area contributed by atoms with Gasteiger partial charge in [0.2, 0.25) is 0 Å². The smallest absolute Gasteiger partial charge is 0.165 e. The maximum Gasteiger partial charge on any atom is 0.165 e. The number of ether oxygens (including phenoxy) is 2. The molecule has 1 aliphatic rings. The molecule has 1 atom stereocenters. The lowest BCUT2D eigenvalue weighted by molar-refractivity contribution is 0.0961. The molecule has 1 saturated carbocycles. The summed E-state index contributed by atoms with van der Waals surface area (Å²) < 4.78 is 24.0. The van der Waals surface area contributed by atoms with Gasteiger partial charge in [0.25, 0.3) is 0 Å². The molecule has 1 aliphatic carbocycles. The molecule has 1 aromatic rings. The number of hydrogen-bond donors (Lipinski definition) is 1. The summed E-state index contributed by atoms with van der Waals surface area (Å²) >= 11 is 0. The second-order valence-electron chi connectivity index (χ2n) is 5.16. The maximum absolute atomic E-state index is 13.5. The van der Waals surface area contributed by atoms with Crippen molar-refractivity contribution in [3.8, 4) is 5.75 Å². The quantitative estimate of drug-likeness (QED) is 0.772. The molecule has 0 heterocycles. The maximum atomic E-state index is 13.5. The van der Waals surface area contributed by atoms with Crippen LogP contribution in [0.1, 0.15) is 37.3 Å². The first-order chi connectivity index (χ1) is 9.20. The lowest BCUT2D eigenvalue weighted by atomic mass is 9.83. The van der Waals surface area contributed by atoms with Crippen molar-refractivity contribution in [2.24, 2.45) is 11.7 Å². The second-order valence-corrected chi connectivity index (χ2v) is 5.16. The molecule has 0 aromatic heterocycles. The first kappa shape index (κ1) is 14.3. The van der Waals surface area contributed by atoms with Crippen LogP contribution in [0.3, 0.4) is 0 Å². The Morgan fingerprint density at radius 1 is 1.42 bits per heavy atom. The molecular formula is C15H22FNO2. The Labute approximate surface area is 113 Å². The molecule has 0 spiro atoms. The largest absolute Gasteiger partial charge is 0.494 e. The van der Waals surface area contributed by atoms with Crippen molar-refractivity contribution in [3.63, 3.8) is 0 Å². The Bertz CT molecular complexity index is 407. The summed E-state index contributed by atoms with van der Waals surface area (Å²) in [5.74, 6) is 0.696. The summed E-state index contributed by atoms with van der Waals surface area (Å²) in [4.78, 5) is 0. The Hall–Kier alpha value is -1.13. The Kier molecular flexibility index (Phi) is 5.16. The molecule has 0 bridgehead atoms. The highest BCUT2D eigenvalue weighted by Crippen LogP contribution is 2.29. The van der Waals surface area contributed by atoms with Gasteiger partial charge >= 0.3 is 0 Å². The van der Waals surface area contributed by atoms with Crippen molar-refractivity contribution in [2.75, 3.05) is 20.3 Å². The van der Waals surface area contributed by atoms with Crippen molar-refractivity contribution >= 4 is 0 Å². The molecule has 19 heavy (non-hydrogen) atoms. The standard InChI is InChI=1S/C15H22FNO2/c1-18-15-6-5-12(9-13(15)16)14(17)10-19-8-7-11-3-2-4-11/h5-6,9,11,14H,2-4,7-8,10,17H2,1H3. The summed E-state index contributed by atoms with van der Waals surface area (Å²) in [7, 11) is 1.45. The van der Waals surface area contributed by atoms with Crippen LogP contribution in [0.25, 0.3) is 0 Å². The van der Waals surface area contributed by atoms with Crippen LogP contribution in [0, 0.1) is 11.7 Å². The molecule has 106 valence electrons. The third-order valence-corrected chi connectivity index (χ3v) is 3.80. The fourth-order valence-electron chi connectivity index (χ4n) is 2.25. The molecule has 4 heteroatoms. The minimum absolute atomic E-state index is 0.238. The Balaban J connectivity index is 1.75. The van der Waals surface area contributed by atoms with Gasteiger partial charge in [-0.1, -0.05) is 25.3 Å². The van der Waals surface area contributed by atoms with E-state index in [1.54, 1.807) is 12.1 Å². The van der Waals surface area contributed by atoms with E-state index in [1.165, 1.54) is 32.4 Å². The van der Waals surface area contributed by atoms with E-state index in [0.29, 0.717) is 6.61 Å². The van der Waals surface area contributed by atoms with E-state index in [0.717, 1.165) is 24.5 Å². The van der Waals surface area contributed by atoms with Crippen LogP contribution in [-0.4, -0.2) is 20.3 Å². The number of nitrogens with two attached hydrogens (primary N) is 1. The monoisotopic (exact) mass is 267 g/mol. The number of hydrogen-bond acceptors (Lipinski definition) is 3. The average molecular weight is 267 g/mol. The zero-order valence-corrected chi connectivity index (χ0v) is 11.4. The van der Waals surface area contributed by atoms with Gasteiger partial charge in [-0.05, 0) is 30.0 Å². The third kappa shape index (κ3) is 3.91. The summed E-state index contributed by atoms with van der Waals surface area (Å²) in [6.07, 6.45) is 5.14. The van der Waals surface area contributed by atoms with Gasteiger partial charge in [-0.2, -0.15) is 0 Å². The molecule has 1 aromatic carbocycles. The zero-order valence-electron chi connectivity index (χ0n) is 11.4. The van der Waals surface area contributed by atoms with E-state index in [2.05, 4.69) is 0 Å². The average Bonchev–Trinajstić information content (AvgIpc) is 2.36. The van der Waals surface area contributed by atoms with Crippen molar-refractivity contribution in [1.29, 1.82) is 0 Å². The van der Waals surface area contributed by atoms with Gasteiger partial charge < -0.3 is 15.2 Å². The van der Waals surface area contributed by atoms with Crippen molar-refractivity contribution < 1.29 is 13.9 Å². The molecule has 3 nitrogen and oxygen atoms in total. The number of methoxy groups -OCH3 is 1. The molecule has 0 saturated heterocycles. The van der Waals surface area contributed by atoms with Crippen LogP contribution in [-0.2, 0) is 4.74 Å². The highest BCUT2D eigenvalue weighted by molar-refractivity contribution is 5.30. The molecule has 2 N–H and O–H groups in total. The molecule has 0 radical (unpaired) electrons. The lowest BCUT2D eigenvalue weighted by Gasteiger charge is -2.25. The van der Waals surface area contributed by atoms with Crippen molar-refractivity contribution in [1.82, 2.24) is 0 Å². The normalized spacial score (nSPS) is 17.0. The first-order valence-electron chi connectivity index (χ1n) is 6.87. The molecule has 0 amide bonds. The summed E-state index contributed by atoms with van der Waals surface area (Å²) in [5.41, 5.74) is 6.72. The predicted octanol–water partition coefficient (Wildman–Crippen LogP) is 3.04. The van der Waals surface area contributed by atoms with E-state index in [1.807, 2.05) is 0 Å². The minimum atomic E-state index is -0.384. The van der Waals surface area contributed by atoms with Crippen LogP contribution in [0.5, 0.6) is 5.75 Å². The van der Waals surface area contributed by atoms with Crippen molar-refractivity contribution in [3.05, 3.63) is 29.6 Å². The van der Waals surface area contributed by atoms with E-state index < -0.39 is 0 Å². The zero-order chi connectivity index (χ0) is 13.7. The molecule has 0 aliphatic heterocycles. The third-order valence-electron chi connectivity index (χ3n) is 3.80. The highest BCUT2D eigenvalue weighted by atomic mass is 19.1. The SMILES string of the molecule is COc1ccc(C(N)COCCC2CCC2)cc1F. The molecule has 1 unspecified atom stereocenters. The number of rotatable bonds is 7. The van der Waals surface area contributed by atoms with Gasteiger partial charge in [0.15, 0.2) is 11.6 Å². The van der Waals surface area contributed by atoms with Crippen LogP contribution in [0.15, 0.2) is 18.2 Å². The van der Waals surface area contributed by atoms with Gasteiger partial charge in [-0.25, -0.2) is 4.39 Å². The van der Waals surface area contributed by atoms with E-state index in [-0.39, 0.29) is 17.6 Å². The van der Waals surface area contributed by atoms with Gasteiger partial charge in [-0.15, -0.1) is 0 Å². The highest BCUT2D eigenvalue weighted by Gasteiger charge is 2.17.